The van der Waals surface area contributed by atoms with Crippen molar-refractivity contribution < 1.29 is 9.31 Å². The highest BCUT2D eigenvalue weighted by molar-refractivity contribution is 9.10. The zero-order valence-corrected chi connectivity index (χ0v) is 8.24. The molecule has 1 aromatic carbocycles. The van der Waals surface area contributed by atoms with Crippen molar-refractivity contribution >= 4 is 23.0 Å². The molecule has 2 nitrogen and oxygen atoms in total. The summed E-state index contributed by atoms with van der Waals surface area (Å²) >= 11 is 3.41. The van der Waals surface area contributed by atoms with Crippen LogP contribution < -0.4 is 9.31 Å². The van der Waals surface area contributed by atoms with Gasteiger partial charge in [0, 0.05) is 0 Å². The van der Waals surface area contributed by atoms with E-state index in [0.29, 0.717) is 0 Å². The number of halogens is 1. The Morgan fingerprint density at radius 1 is 1.25 bits per heavy atom. The van der Waals surface area contributed by atoms with Crippen LogP contribution in [-0.2, 0) is 0 Å². The van der Waals surface area contributed by atoms with Crippen LogP contribution in [0.2, 0.25) is 0 Å². The van der Waals surface area contributed by atoms with E-state index in [1.54, 1.807) is 0 Å². The van der Waals surface area contributed by atoms with E-state index in [0.717, 1.165) is 11.5 Å². The van der Waals surface area contributed by atoms with Gasteiger partial charge in [-0.2, -0.15) is 0 Å². The van der Waals surface area contributed by atoms with Crippen LogP contribution in [0.5, 0.6) is 11.5 Å². The Kier molecular flexibility index (Phi) is 2.01. The number of hydrogen-bond acceptors (Lipinski definition) is 2. The summed E-state index contributed by atoms with van der Waals surface area (Å²) in [4.78, 5) is 0. The van der Waals surface area contributed by atoms with Gasteiger partial charge in [-0.05, 0) is 12.1 Å². The molecule has 0 bridgehead atoms. The molecule has 1 aromatic rings. The zero-order chi connectivity index (χ0) is 8.55. The van der Waals surface area contributed by atoms with Crippen molar-refractivity contribution in [1.29, 1.82) is 0 Å². The van der Waals surface area contributed by atoms with E-state index < -0.39 is 0 Å². The maximum Gasteiger partial charge on any atom is 0.609 e. The Bertz CT molecular complexity index is 265. The second-order valence-electron chi connectivity index (χ2n) is 2.73. The van der Waals surface area contributed by atoms with Crippen molar-refractivity contribution in [2.24, 2.45) is 0 Å². The van der Waals surface area contributed by atoms with E-state index >= 15 is 0 Å². The highest BCUT2D eigenvalue weighted by Gasteiger charge is 2.35. The monoisotopic (exact) mass is 226 g/mol. The van der Waals surface area contributed by atoms with Gasteiger partial charge in [-0.25, -0.2) is 0 Å². The minimum absolute atomic E-state index is 0.192. The van der Waals surface area contributed by atoms with Crippen molar-refractivity contribution in [2.75, 3.05) is 0 Å². The third kappa shape index (κ3) is 1.31. The third-order valence-corrected chi connectivity index (χ3v) is 2.14. The Balaban J connectivity index is 2.22. The number of hydrogen-bond donors (Lipinski definition) is 0. The molecule has 0 radical (unpaired) electrons. The van der Waals surface area contributed by atoms with Crippen LogP contribution in [0.1, 0.15) is 6.92 Å². The molecule has 1 unspecified atom stereocenters. The van der Waals surface area contributed by atoms with Crippen molar-refractivity contribution in [3.8, 4) is 11.5 Å². The standard InChI is InChI=1S/C8H8BBrO2/c1-6(10)9-11-7-4-2-3-5-8(7)12-9/h2-6H,1H3. The quantitative estimate of drug-likeness (QED) is 0.541. The number of para-hydroxylation sites is 2. The Labute approximate surface area is 80.1 Å². The van der Waals surface area contributed by atoms with Gasteiger partial charge in [0.1, 0.15) is 11.5 Å². The summed E-state index contributed by atoms with van der Waals surface area (Å²) in [5, 5.41) is 0. The predicted octanol–water partition coefficient (Wildman–Crippen LogP) is 2.27. The van der Waals surface area contributed by atoms with Crippen LogP contribution >= 0.6 is 15.9 Å². The van der Waals surface area contributed by atoms with Gasteiger partial charge in [0.05, 0.1) is 4.73 Å². The fourth-order valence-electron chi connectivity index (χ4n) is 1.11. The molecule has 4 heteroatoms. The number of benzene rings is 1. The molecular formula is C8H8BBrO2. The summed E-state index contributed by atoms with van der Waals surface area (Å²) in [5.41, 5.74) is 0. The van der Waals surface area contributed by atoms with Gasteiger partial charge in [0.2, 0.25) is 0 Å². The Hall–Kier alpha value is -0.635. The van der Waals surface area contributed by atoms with Crippen LogP contribution in [0.4, 0.5) is 0 Å². The fourth-order valence-corrected chi connectivity index (χ4v) is 1.32. The SMILES string of the molecule is CC(Br)B1Oc2ccccc2O1. The molecule has 0 aliphatic carbocycles. The summed E-state index contributed by atoms with van der Waals surface area (Å²) < 4.78 is 11.2. The molecule has 0 saturated heterocycles. The largest absolute Gasteiger partial charge is 0.609 e. The van der Waals surface area contributed by atoms with Crippen LogP contribution in [0, 0.1) is 0 Å². The minimum Gasteiger partial charge on any atom is -0.522 e. The lowest BCUT2D eigenvalue weighted by Gasteiger charge is -2.04. The van der Waals surface area contributed by atoms with Gasteiger partial charge in [-0.1, -0.05) is 35.0 Å². The molecule has 1 aliphatic heterocycles. The average molecular weight is 227 g/mol. The molecule has 0 N–H and O–H groups in total. The lowest BCUT2D eigenvalue weighted by atomic mass is 9.86. The lowest BCUT2D eigenvalue weighted by molar-refractivity contribution is 0.497. The van der Waals surface area contributed by atoms with Crippen molar-refractivity contribution in [3.05, 3.63) is 24.3 Å². The lowest BCUT2D eigenvalue weighted by Crippen LogP contribution is -2.33. The first kappa shape index (κ1) is 7.99. The van der Waals surface area contributed by atoms with Crippen molar-refractivity contribution in [1.82, 2.24) is 0 Å². The van der Waals surface area contributed by atoms with E-state index in [-0.39, 0.29) is 11.8 Å². The first-order valence-electron chi connectivity index (χ1n) is 3.84. The normalized spacial score (nSPS) is 16.3. The van der Waals surface area contributed by atoms with Crippen LogP contribution in [-0.4, -0.2) is 11.8 Å². The molecular weight excluding hydrogens is 219 g/mol. The predicted molar refractivity (Wildman–Crippen MR) is 51.8 cm³/mol. The van der Waals surface area contributed by atoms with Gasteiger partial charge < -0.3 is 9.31 Å². The minimum atomic E-state index is -0.192. The Morgan fingerprint density at radius 2 is 1.75 bits per heavy atom. The van der Waals surface area contributed by atoms with E-state index in [1.807, 2.05) is 31.2 Å². The summed E-state index contributed by atoms with van der Waals surface area (Å²) in [7, 11) is -0.192. The van der Waals surface area contributed by atoms with E-state index in [2.05, 4.69) is 15.9 Å². The number of alkyl halides is 1. The summed E-state index contributed by atoms with van der Waals surface area (Å²) in [6.07, 6.45) is 0. The van der Waals surface area contributed by atoms with Gasteiger partial charge in [-0.3, -0.25) is 0 Å². The van der Waals surface area contributed by atoms with E-state index in [1.165, 1.54) is 0 Å². The first-order chi connectivity index (χ1) is 5.77. The number of rotatable bonds is 1. The van der Waals surface area contributed by atoms with Gasteiger partial charge in [-0.15, -0.1) is 0 Å². The molecule has 12 heavy (non-hydrogen) atoms. The van der Waals surface area contributed by atoms with Crippen LogP contribution in [0.25, 0.3) is 0 Å². The second kappa shape index (κ2) is 3.01. The van der Waals surface area contributed by atoms with Crippen molar-refractivity contribution in [2.45, 2.75) is 11.7 Å². The smallest absolute Gasteiger partial charge is 0.522 e. The summed E-state index contributed by atoms with van der Waals surface area (Å²) in [5.74, 6) is 1.66. The van der Waals surface area contributed by atoms with Gasteiger partial charge >= 0.3 is 7.12 Å². The molecule has 2 rings (SSSR count). The maximum absolute atomic E-state index is 5.50. The summed E-state index contributed by atoms with van der Waals surface area (Å²) in [6.45, 7) is 2.00. The number of fused-ring (bicyclic) bond motifs is 1. The molecule has 62 valence electrons. The highest BCUT2D eigenvalue weighted by Crippen LogP contribution is 2.34. The first-order valence-corrected chi connectivity index (χ1v) is 4.75. The molecule has 0 spiro atoms. The summed E-state index contributed by atoms with van der Waals surface area (Å²) in [6, 6.07) is 7.68. The van der Waals surface area contributed by atoms with Gasteiger partial charge in [0.25, 0.3) is 0 Å². The molecule has 1 heterocycles. The van der Waals surface area contributed by atoms with Crippen LogP contribution in [0.15, 0.2) is 24.3 Å². The van der Waals surface area contributed by atoms with Crippen molar-refractivity contribution in [3.63, 3.8) is 0 Å². The molecule has 1 aliphatic rings. The molecule has 0 amide bonds. The Morgan fingerprint density at radius 3 is 2.17 bits per heavy atom. The van der Waals surface area contributed by atoms with E-state index in [9.17, 15) is 0 Å². The molecule has 0 fully saturated rings. The fraction of sp³-hybridized carbons (Fsp3) is 0.250. The molecule has 1 atom stereocenters. The highest BCUT2D eigenvalue weighted by atomic mass is 79.9. The topological polar surface area (TPSA) is 18.5 Å². The third-order valence-electron chi connectivity index (χ3n) is 1.71. The second-order valence-corrected chi connectivity index (χ2v) is 4.17. The van der Waals surface area contributed by atoms with Crippen LogP contribution in [0.3, 0.4) is 0 Å². The molecule has 0 aromatic heterocycles. The van der Waals surface area contributed by atoms with E-state index in [4.69, 9.17) is 9.31 Å². The molecule has 0 saturated carbocycles. The zero-order valence-electron chi connectivity index (χ0n) is 6.66. The maximum atomic E-state index is 5.50. The van der Waals surface area contributed by atoms with Gasteiger partial charge in [0.15, 0.2) is 0 Å². The average Bonchev–Trinajstić information content (AvgIpc) is 2.46.